The summed E-state index contributed by atoms with van der Waals surface area (Å²) < 4.78 is 33.1. The van der Waals surface area contributed by atoms with Crippen LogP contribution in [0.2, 0.25) is 0 Å². The average molecular weight is 306 g/mol. The van der Waals surface area contributed by atoms with E-state index in [1.807, 2.05) is 6.92 Å². The van der Waals surface area contributed by atoms with E-state index < -0.39 is 11.6 Å². The van der Waals surface area contributed by atoms with Gasteiger partial charge in [0.25, 0.3) is 0 Å². The standard InChI is InChI=1S/C19H24F2O/c1-3-13-22-17-12-11-16(18(20)19(17)21)10-9-15-7-5-14(4-2)6-8-15/h11-12,14-15H,3-8,13H2,1-2H3/t14-,15-. The van der Waals surface area contributed by atoms with E-state index in [1.165, 1.54) is 31.4 Å². The van der Waals surface area contributed by atoms with E-state index in [-0.39, 0.29) is 11.3 Å². The van der Waals surface area contributed by atoms with E-state index in [0.717, 1.165) is 25.2 Å². The van der Waals surface area contributed by atoms with Crippen LogP contribution < -0.4 is 4.74 Å². The minimum absolute atomic E-state index is 0.0339. The van der Waals surface area contributed by atoms with Crippen LogP contribution in [0.5, 0.6) is 5.75 Å². The van der Waals surface area contributed by atoms with Gasteiger partial charge in [0.05, 0.1) is 12.2 Å². The molecule has 0 aliphatic heterocycles. The fourth-order valence-corrected chi connectivity index (χ4v) is 2.85. The summed E-state index contributed by atoms with van der Waals surface area (Å²) in [6, 6.07) is 2.97. The molecule has 3 heteroatoms. The van der Waals surface area contributed by atoms with E-state index in [2.05, 4.69) is 18.8 Å². The van der Waals surface area contributed by atoms with E-state index in [4.69, 9.17) is 4.74 Å². The number of benzene rings is 1. The molecule has 0 heterocycles. The lowest BCUT2D eigenvalue weighted by Crippen LogP contribution is -2.12. The van der Waals surface area contributed by atoms with Gasteiger partial charge in [-0.15, -0.1) is 0 Å². The van der Waals surface area contributed by atoms with Gasteiger partial charge in [-0.3, -0.25) is 0 Å². The molecule has 1 aromatic carbocycles. The maximum atomic E-state index is 14.0. The number of hydrogen-bond donors (Lipinski definition) is 0. The highest BCUT2D eigenvalue weighted by Crippen LogP contribution is 2.30. The molecule has 0 aromatic heterocycles. The highest BCUT2D eigenvalue weighted by molar-refractivity contribution is 5.41. The van der Waals surface area contributed by atoms with Crippen molar-refractivity contribution in [1.29, 1.82) is 0 Å². The lowest BCUT2D eigenvalue weighted by atomic mass is 9.81. The van der Waals surface area contributed by atoms with E-state index in [9.17, 15) is 8.78 Å². The largest absolute Gasteiger partial charge is 0.490 e. The van der Waals surface area contributed by atoms with Crippen LogP contribution in [0, 0.1) is 35.3 Å². The van der Waals surface area contributed by atoms with Gasteiger partial charge in [0, 0.05) is 5.92 Å². The molecule has 1 aliphatic rings. The van der Waals surface area contributed by atoms with Crippen LogP contribution in [0.3, 0.4) is 0 Å². The van der Waals surface area contributed by atoms with Crippen molar-refractivity contribution in [3.8, 4) is 17.6 Å². The third-order valence-electron chi connectivity index (χ3n) is 4.34. The Bertz CT molecular complexity index is 549. The molecule has 0 amide bonds. The highest BCUT2D eigenvalue weighted by Gasteiger charge is 2.18. The van der Waals surface area contributed by atoms with Crippen molar-refractivity contribution in [3.63, 3.8) is 0 Å². The van der Waals surface area contributed by atoms with Crippen molar-refractivity contribution >= 4 is 0 Å². The highest BCUT2D eigenvalue weighted by atomic mass is 19.2. The quantitative estimate of drug-likeness (QED) is 0.684. The van der Waals surface area contributed by atoms with Gasteiger partial charge >= 0.3 is 0 Å². The van der Waals surface area contributed by atoms with Gasteiger partial charge in [-0.2, -0.15) is 4.39 Å². The molecule has 0 N–H and O–H groups in total. The first-order valence-electron chi connectivity index (χ1n) is 8.28. The van der Waals surface area contributed by atoms with Crippen LogP contribution >= 0.6 is 0 Å². The van der Waals surface area contributed by atoms with Crippen LogP contribution in [0.1, 0.15) is 57.9 Å². The Hall–Kier alpha value is -1.56. The van der Waals surface area contributed by atoms with Gasteiger partial charge in [0.2, 0.25) is 5.82 Å². The molecule has 1 aliphatic carbocycles. The van der Waals surface area contributed by atoms with Gasteiger partial charge in [0.15, 0.2) is 11.6 Å². The zero-order valence-electron chi connectivity index (χ0n) is 13.4. The van der Waals surface area contributed by atoms with Crippen LogP contribution in [0.4, 0.5) is 8.78 Å². The Morgan fingerprint density at radius 1 is 1.09 bits per heavy atom. The number of hydrogen-bond acceptors (Lipinski definition) is 1. The fraction of sp³-hybridized carbons (Fsp3) is 0.579. The van der Waals surface area contributed by atoms with Crippen molar-refractivity contribution in [3.05, 3.63) is 29.3 Å². The molecule has 1 nitrogen and oxygen atoms in total. The molecule has 0 saturated heterocycles. The van der Waals surface area contributed by atoms with Gasteiger partial charge in [-0.1, -0.05) is 32.1 Å². The smallest absolute Gasteiger partial charge is 0.201 e. The van der Waals surface area contributed by atoms with Gasteiger partial charge in [-0.05, 0) is 50.2 Å². The second-order valence-corrected chi connectivity index (χ2v) is 5.98. The predicted molar refractivity (Wildman–Crippen MR) is 84.8 cm³/mol. The molecule has 0 spiro atoms. The van der Waals surface area contributed by atoms with E-state index in [0.29, 0.717) is 12.5 Å². The summed E-state index contributed by atoms with van der Waals surface area (Å²) in [6.07, 6.45) is 6.48. The zero-order valence-corrected chi connectivity index (χ0v) is 13.4. The molecule has 22 heavy (non-hydrogen) atoms. The van der Waals surface area contributed by atoms with Crippen LogP contribution in [0.25, 0.3) is 0 Å². The van der Waals surface area contributed by atoms with Crippen molar-refractivity contribution in [1.82, 2.24) is 0 Å². The summed E-state index contributed by atoms with van der Waals surface area (Å²) in [5.41, 5.74) is 0.124. The van der Waals surface area contributed by atoms with Gasteiger partial charge < -0.3 is 4.74 Å². The maximum absolute atomic E-state index is 14.0. The SMILES string of the molecule is CCCOc1ccc(C#C[C@H]2CC[C@H](CC)CC2)c(F)c1F. The summed E-state index contributed by atoms with van der Waals surface area (Å²) in [7, 11) is 0. The van der Waals surface area contributed by atoms with Crippen molar-refractivity contribution in [2.24, 2.45) is 11.8 Å². The summed E-state index contributed by atoms with van der Waals surface area (Å²) in [5, 5.41) is 0. The number of halogens is 2. The summed E-state index contributed by atoms with van der Waals surface area (Å²) >= 11 is 0. The Morgan fingerprint density at radius 3 is 2.45 bits per heavy atom. The second-order valence-electron chi connectivity index (χ2n) is 5.98. The lowest BCUT2D eigenvalue weighted by Gasteiger charge is -2.24. The molecule has 0 unspecified atom stereocenters. The summed E-state index contributed by atoms with van der Waals surface area (Å²) in [5.74, 6) is 5.18. The first kappa shape index (κ1) is 16.8. The third kappa shape index (κ3) is 4.22. The monoisotopic (exact) mass is 306 g/mol. The topological polar surface area (TPSA) is 9.23 Å². The Labute approximate surface area is 132 Å². The van der Waals surface area contributed by atoms with E-state index >= 15 is 0 Å². The first-order valence-corrected chi connectivity index (χ1v) is 8.28. The molecule has 0 atom stereocenters. The van der Waals surface area contributed by atoms with Gasteiger partial charge in [-0.25, -0.2) is 4.39 Å². The van der Waals surface area contributed by atoms with Gasteiger partial charge in [0.1, 0.15) is 0 Å². The van der Waals surface area contributed by atoms with Crippen molar-refractivity contribution in [2.75, 3.05) is 6.61 Å². The van der Waals surface area contributed by atoms with E-state index in [1.54, 1.807) is 0 Å². The minimum Gasteiger partial charge on any atom is -0.490 e. The maximum Gasteiger partial charge on any atom is 0.201 e. The molecule has 0 bridgehead atoms. The Kier molecular flexibility index (Phi) is 6.24. The molecule has 1 aromatic rings. The normalized spacial score (nSPS) is 21.1. The van der Waals surface area contributed by atoms with Crippen LogP contribution in [-0.4, -0.2) is 6.61 Å². The van der Waals surface area contributed by atoms with Crippen molar-refractivity contribution < 1.29 is 13.5 Å². The minimum atomic E-state index is -0.935. The molecule has 1 saturated carbocycles. The van der Waals surface area contributed by atoms with Crippen LogP contribution in [0.15, 0.2) is 12.1 Å². The molecule has 1 fully saturated rings. The average Bonchev–Trinajstić information content (AvgIpc) is 2.56. The second kappa shape index (κ2) is 8.17. The third-order valence-corrected chi connectivity index (χ3v) is 4.34. The predicted octanol–water partition coefficient (Wildman–Crippen LogP) is 5.32. The zero-order chi connectivity index (χ0) is 15.9. The summed E-state index contributed by atoms with van der Waals surface area (Å²) in [4.78, 5) is 0. The molecule has 2 rings (SSSR count). The number of rotatable bonds is 4. The molecular formula is C19H24F2O. The van der Waals surface area contributed by atoms with Crippen LogP contribution in [-0.2, 0) is 0 Å². The first-order chi connectivity index (χ1) is 10.7. The molecular weight excluding hydrogens is 282 g/mol. The lowest BCUT2D eigenvalue weighted by molar-refractivity contribution is 0.295. The summed E-state index contributed by atoms with van der Waals surface area (Å²) in [6.45, 7) is 4.51. The molecule has 120 valence electrons. The molecule has 0 radical (unpaired) electrons. The van der Waals surface area contributed by atoms with Crippen molar-refractivity contribution in [2.45, 2.75) is 52.4 Å². The number of ether oxygens (including phenoxy) is 1. The Balaban J connectivity index is 2.05. The Morgan fingerprint density at radius 2 is 1.82 bits per heavy atom. The fourth-order valence-electron chi connectivity index (χ4n) is 2.85.